The van der Waals surface area contributed by atoms with Crippen LogP contribution in [0.3, 0.4) is 0 Å². The average molecular weight is 350 g/mol. The summed E-state index contributed by atoms with van der Waals surface area (Å²) in [5.74, 6) is 0.600. The topological polar surface area (TPSA) is 43.8 Å². The van der Waals surface area contributed by atoms with Crippen molar-refractivity contribution in [1.29, 1.82) is 0 Å². The van der Waals surface area contributed by atoms with E-state index >= 15 is 0 Å². The number of amides is 1. The lowest BCUT2D eigenvalue weighted by molar-refractivity contribution is 0.0166. The predicted octanol–water partition coefficient (Wildman–Crippen LogP) is 3.26. The van der Waals surface area contributed by atoms with Gasteiger partial charge in [-0.1, -0.05) is 24.3 Å². The molecule has 3 atom stereocenters. The fraction of sp³-hybridized carbons (Fsp3) is 0.409. The van der Waals surface area contributed by atoms with Crippen molar-refractivity contribution in [2.24, 2.45) is 11.8 Å². The van der Waals surface area contributed by atoms with Crippen molar-refractivity contribution in [3.05, 3.63) is 54.1 Å². The van der Waals surface area contributed by atoms with Crippen LogP contribution in [0.15, 0.2) is 48.5 Å². The first-order valence-electron chi connectivity index (χ1n) is 9.38. The van der Waals surface area contributed by atoms with E-state index in [-0.39, 0.29) is 23.8 Å². The Morgan fingerprint density at radius 2 is 1.42 bits per heavy atom. The molecule has 1 unspecified atom stereocenters. The van der Waals surface area contributed by atoms with Crippen LogP contribution >= 0.6 is 0 Å². The van der Waals surface area contributed by atoms with Crippen LogP contribution in [0.1, 0.15) is 23.2 Å². The van der Waals surface area contributed by atoms with Crippen molar-refractivity contribution in [3.63, 3.8) is 0 Å². The number of fused-ring (bicyclic) bond motifs is 2. The second kappa shape index (κ2) is 6.76. The summed E-state index contributed by atoms with van der Waals surface area (Å²) in [6.07, 6.45) is 1.86. The second-order valence-corrected chi connectivity index (χ2v) is 7.82. The van der Waals surface area contributed by atoms with E-state index in [1.54, 1.807) is 0 Å². The zero-order valence-electron chi connectivity index (χ0n) is 15.4. The molecule has 136 valence electrons. The van der Waals surface area contributed by atoms with E-state index in [9.17, 15) is 9.90 Å². The monoisotopic (exact) mass is 350 g/mol. The van der Waals surface area contributed by atoms with Crippen molar-refractivity contribution in [2.45, 2.75) is 18.9 Å². The highest BCUT2D eigenvalue weighted by Gasteiger charge is 2.42. The third-order valence-electron chi connectivity index (χ3n) is 5.92. The molecular formula is C22H26N2O2. The van der Waals surface area contributed by atoms with Crippen molar-refractivity contribution in [3.8, 4) is 11.1 Å². The zero-order chi connectivity index (χ0) is 18.3. The summed E-state index contributed by atoms with van der Waals surface area (Å²) in [6.45, 7) is 1.37. The Bertz CT molecular complexity index is 769. The molecule has 1 N–H and O–H groups in total. The fourth-order valence-electron chi connectivity index (χ4n) is 4.30. The minimum Gasteiger partial charge on any atom is -0.392 e. The van der Waals surface area contributed by atoms with Gasteiger partial charge < -0.3 is 14.9 Å². The van der Waals surface area contributed by atoms with Crippen molar-refractivity contribution in [2.75, 3.05) is 32.1 Å². The number of nitrogens with zero attached hydrogens (tertiary/aromatic N) is 2. The smallest absolute Gasteiger partial charge is 0.253 e. The number of benzene rings is 2. The van der Waals surface area contributed by atoms with E-state index in [4.69, 9.17) is 0 Å². The maximum Gasteiger partial charge on any atom is 0.253 e. The van der Waals surface area contributed by atoms with E-state index in [2.05, 4.69) is 29.2 Å². The third-order valence-corrected chi connectivity index (χ3v) is 5.92. The molecule has 4 nitrogen and oxygen atoms in total. The number of carbonyl (C=O) groups is 1. The first kappa shape index (κ1) is 17.1. The molecule has 26 heavy (non-hydrogen) atoms. The SMILES string of the molecule is CN(C)c1ccc(-c2ccc(C(=O)N3C[C@H]4CC[C@@H](C3)C4O)cc2)cc1. The van der Waals surface area contributed by atoms with E-state index in [0.717, 1.165) is 29.5 Å². The van der Waals surface area contributed by atoms with Crippen LogP contribution in [0.2, 0.25) is 0 Å². The molecular weight excluding hydrogens is 324 g/mol. The summed E-state index contributed by atoms with van der Waals surface area (Å²) in [5, 5.41) is 10.2. The Kier molecular flexibility index (Phi) is 4.45. The number of hydrogen-bond acceptors (Lipinski definition) is 3. The van der Waals surface area contributed by atoms with Crippen LogP contribution in [0.5, 0.6) is 0 Å². The number of anilines is 1. The average Bonchev–Trinajstić information content (AvgIpc) is 2.87. The number of carbonyl (C=O) groups excluding carboxylic acids is 1. The highest BCUT2D eigenvalue weighted by molar-refractivity contribution is 5.94. The van der Waals surface area contributed by atoms with Gasteiger partial charge in [0.25, 0.3) is 5.91 Å². The molecule has 0 spiro atoms. The highest BCUT2D eigenvalue weighted by Crippen LogP contribution is 2.37. The van der Waals surface area contributed by atoms with Gasteiger partial charge in [0, 0.05) is 50.3 Å². The maximum atomic E-state index is 12.8. The number of likely N-dealkylation sites (tertiary alicyclic amines) is 1. The molecule has 0 aromatic heterocycles. The summed E-state index contributed by atoms with van der Waals surface area (Å²) >= 11 is 0. The van der Waals surface area contributed by atoms with Crippen LogP contribution in [-0.4, -0.2) is 49.2 Å². The molecule has 1 heterocycles. The van der Waals surface area contributed by atoms with Gasteiger partial charge in [0.15, 0.2) is 0 Å². The standard InChI is InChI=1S/C22H26N2O2/c1-23(2)20-11-9-16(10-12-20)15-3-5-17(6-4-15)22(26)24-13-18-7-8-19(14-24)21(18)25/h3-6,9-12,18-19,21,25H,7-8,13-14H2,1-2H3/t18-,19+,21?. The quantitative estimate of drug-likeness (QED) is 0.924. The van der Waals surface area contributed by atoms with Gasteiger partial charge in [-0.15, -0.1) is 0 Å². The molecule has 2 aromatic rings. The lowest BCUT2D eigenvalue weighted by atomic mass is 9.94. The second-order valence-electron chi connectivity index (χ2n) is 7.82. The Hall–Kier alpha value is -2.33. The van der Waals surface area contributed by atoms with Crippen LogP contribution < -0.4 is 4.90 Å². The number of rotatable bonds is 3. The molecule has 2 fully saturated rings. The Balaban J connectivity index is 1.48. The number of piperidine rings is 1. The molecule has 1 aliphatic heterocycles. The lowest BCUT2D eigenvalue weighted by Gasteiger charge is -2.35. The summed E-state index contributed by atoms with van der Waals surface area (Å²) in [4.78, 5) is 16.8. The molecule has 1 amide bonds. The van der Waals surface area contributed by atoms with Crippen LogP contribution in [0.4, 0.5) is 5.69 Å². The van der Waals surface area contributed by atoms with Crippen LogP contribution in [0.25, 0.3) is 11.1 Å². The first-order chi connectivity index (χ1) is 12.5. The molecule has 2 bridgehead atoms. The van der Waals surface area contributed by atoms with Crippen molar-refractivity contribution in [1.82, 2.24) is 4.90 Å². The van der Waals surface area contributed by atoms with Gasteiger partial charge in [-0.25, -0.2) is 0 Å². The zero-order valence-corrected chi connectivity index (χ0v) is 15.4. The number of aliphatic hydroxyl groups is 1. The predicted molar refractivity (Wildman–Crippen MR) is 104 cm³/mol. The Morgan fingerprint density at radius 3 is 1.92 bits per heavy atom. The van der Waals surface area contributed by atoms with E-state index < -0.39 is 0 Å². The van der Waals surface area contributed by atoms with Crippen LogP contribution in [-0.2, 0) is 0 Å². The van der Waals surface area contributed by atoms with Gasteiger partial charge in [-0.05, 0) is 48.2 Å². The maximum absolute atomic E-state index is 12.8. The summed E-state index contributed by atoms with van der Waals surface area (Å²) in [7, 11) is 4.06. The van der Waals surface area contributed by atoms with Gasteiger partial charge >= 0.3 is 0 Å². The summed E-state index contributed by atoms with van der Waals surface area (Å²) in [5.41, 5.74) is 4.16. The molecule has 2 aromatic carbocycles. The minimum absolute atomic E-state index is 0.0864. The lowest BCUT2D eigenvalue weighted by Crippen LogP contribution is -2.47. The van der Waals surface area contributed by atoms with E-state index in [1.807, 2.05) is 43.3 Å². The normalized spacial score (nSPS) is 24.6. The Morgan fingerprint density at radius 1 is 0.923 bits per heavy atom. The van der Waals surface area contributed by atoms with Crippen LogP contribution in [0, 0.1) is 11.8 Å². The van der Waals surface area contributed by atoms with Gasteiger partial charge in [0.1, 0.15) is 0 Å². The fourth-order valence-corrected chi connectivity index (χ4v) is 4.30. The molecule has 4 heteroatoms. The molecule has 0 radical (unpaired) electrons. The van der Waals surface area contributed by atoms with Gasteiger partial charge in [-0.2, -0.15) is 0 Å². The van der Waals surface area contributed by atoms with E-state index in [0.29, 0.717) is 13.1 Å². The summed E-state index contributed by atoms with van der Waals surface area (Å²) in [6, 6.07) is 16.3. The van der Waals surface area contributed by atoms with Gasteiger partial charge in [-0.3, -0.25) is 4.79 Å². The minimum atomic E-state index is -0.216. The molecule has 4 rings (SSSR count). The largest absolute Gasteiger partial charge is 0.392 e. The van der Waals surface area contributed by atoms with Gasteiger partial charge in [0.05, 0.1) is 6.10 Å². The molecule has 2 aliphatic rings. The molecule has 1 aliphatic carbocycles. The van der Waals surface area contributed by atoms with Gasteiger partial charge in [0.2, 0.25) is 0 Å². The molecule has 1 saturated carbocycles. The molecule has 1 saturated heterocycles. The third kappa shape index (κ3) is 3.10. The number of hydrogen-bond donors (Lipinski definition) is 1. The van der Waals surface area contributed by atoms with Crippen molar-refractivity contribution < 1.29 is 9.90 Å². The van der Waals surface area contributed by atoms with E-state index in [1.165, 1.54) is 5.69 Å². The van der Waals surface area contributed by atoms with Crippen molar-refractivity contribution >= 4 is 11.6 Å². The highest BCUT2D eigenvalue weighted by atomic mass is 16.3. The summed E-state index contributed by atoms with van der Waals surface area (Å²) < 4.78 is 0. The first-order valence-corrected chi connectivity index (χ1v) is 9.38. The number of aliphatic hydroxyl groups excluding tert-OH is 1. The Labute approximate surface area is 155 Å².